The van der Waals surface area contributed by atoms with Gasteiger partial charge in [-0.05, 0) is 72.2 Å². The number of amides is 2. The number of carbonyl (C=O) groups is 2. The van der Waals surface area contributed by atoms with Crippen LogP contribution in [-0.2, 0) is 22.6 Å². The van der Waals surface area contributed by atoms with Crippen molar-refractivity contribution in [1.82, 2.24) is 15.6 Å². The second kappa shape index (κ2) is 14.0. The summed E-state index contributed by atoms with van der Waals surface area (Å²) in [7, 11) is 4.67. The SMILES string of the molecule is COc1cc2c(c(OC)c1OC)-c1ccc(N[C@H](CC(C)C)C(=O)NCc3ccccn3)c(=O)cc1[C@@H](NC(C)=O)CC2. The van der Waals surface area contributed by atoms with Crippen molar-refractivity contribution in [3.8, 4) is 28.4 Å². The molecule has 0 spiro atoms. The van der Waals surface area contributed by atoms with Crippen molar-refractivity contribution >= 4 is 17.5 Å². The van der Waals surface area contributed by atoms with Gasteiger partial charge in [0, 0.05) is 18.7 Å². The lowest BCUT2D eigenvalue weighted by atomic mass is 9.95. The highest BCUT2D eigenvalue weighted by Gasteiger charge is 2.30. The number of carbonyl (C=O) groups excluding carboxylic acids is 2. The molecule has 0 unspecified atom stereocenters. The van der Waals surface area contributed by atoms with E-state index in [9.17, 15) is 14.4 Å². The third-order valence-electron chi connectivity index (χ3n) is 7.44. The van der Waals surface area contributed by atoms with Crippen LogP contribution in [0, 0.1) is 5.92 Å². The summed E-state index contributed by atoms with van der Waals surface area (Å²) in [5.74, 6) is 1.18. The summed E-state index contributed by atoms with van der Waals surface area (Å²) in [6, 6.07) is 11.4. The summed E-state index contributed by atoms with van der Waals surface area (Å²) < 4.78 is 17.1. The molecule has 0 bridgehead atoms. The molecule has 0 radical (unpaired) electrons. The molecule has 1 aliphatic rings. The number of nitrogens with zero attached hydrogens (tertiary/aromatic N) is 1. The van der Waals surface area contributed by atoms with Gasteiger partial charge in [-0.1, -0.05) is 26.0 Å². The van der Waals surface area contributed by atoms with Crippen LogP contribution in [0.1, 0.15) is 56.5 Å². The van der Waals surface area contributed by atoms with Gasteiger partial charge in [0.05, 0.1) is 45.3 Å². The Labute approximate surface area is 252 Å². The summed E-state index contributed by atoms with van der Waals surface area (Å²) in [5, 5.41) is 9.17. The zero-order chi connectivity index (χ0) is 31.1. The van der Waals surface area contributed by atoms with Gasteiger partial charge in [0.15, 0.2) is 11.5 Å². The lowest BCUT2D eigenvalue weighted by molar-refractivity contribution is -0.122. The molecule has 3 N–H and O–H groups in total. The van der Waals surface area contributed by atoms with E-state index in [1.807, 2.05) is 44.2 Å². The minimum absolute atomic E-state index is 0.185. The molecule has 10 heteroatoms. The first kappa shape index (κ1) is 31.3. The molecule has 0 saturated heterocycles. The fourth-order valence-corrected chi connectivity index (χ4v) is 5.52. The number of methoxy groups -OCH3 is 3. The number of anilines is 1. The molecule has 2 amide bonds. The van der Waals surface area contributed by atoms with Gasteiger partial charge in [0.25, 0.3) is 0 Å². The fraction of sp³-hybridized carbons (Fsp3) is 0.394. The minimum atomic E-state index is -0.657. The van der Waals surface area contributed by atoms with E-state index in [1.54, 1.807) is 39.7 Å². The molecule has 10 nitrogen and oxygen atoms in total. The summed E-state index contributed by atoms with van der Waals surface area (Å²) in [5.41, 5.74) is 3.77. The second-order valence-corrected chi connectivity index (χ2v) is 11.0. The lowest BCUT2D eigenvalue weighted by Crippen LogP contribution is -2.41. The number of nitrogens with one attached hydrogen (secondary N) is 3. The predicted octanol–water partition coefficient (Wildman–Crippen LogP) is 4.40. The van der Waals surface area contributed by atoms with E-state index in [0.717, 1.165) is 16.8 Å². The Morgan fingerprint density at radius 1 is 1.02 bits per heavy atom. The predicted molar refractivity (Wildman–Crippen MR) is 166 cm³/mol. The van der Waals surface area contributed by atoms with Crippen LogP contribution in [0.25, 0.3) is 11.1 Å². The van der Waals surface area contributed by atoms with Gasteiger partial charge in [-0.3, -0.25) is 19.4 Å². The molecule has 4 rings (SSSR count). The quantitative estimate of drug-likeness (QED) is 0.301. The maximum atomic E-state index is 13.8. The lowest BCUT2D eigenvalue weighted by Gasteiger charge is -2.20. The Hall–Kier alpha value is -4.60. The van der Waals surface area contributed by atoms with E-state index in [-0.39, 0.29) is 35.4 Å². The first-order chi connectivity index (χ1) is 20.7. The number of hydrogen-bond donors (Lipinski definition) is 3. The average molecular weight is 589 g/mol. The number of pyridine rings is 1. The largest absolute Gasteiger partial charge is 0.493 e. The van der Waals surface area contributed by atoms with Crippen LogP contribution in [0.2, 0.25) is 0 Å². The highest BCUT2D eigenvalue weighted by molar-refractivity contribution is 5.86. The van der Waals surface area contributed by atoms with Crippen LogP contribution >= 0.6 is 0 Å². The number of aromatic nitrogens is 1. The van der Waals surface area contributed by atoms with E-state index in [0.29, 0.717) is 47.6 Å². The Morgan fingerprint density at radius 2 is 1.79 bits per heavy atom. The Balaban J connectivity index is 1.81. The van der Waals surface area contributed by atoms with Gasteiger partial charge in [0.2, 0.25) is 23.0 Å². The van der Waals surface area contributed by atoms with Crippen LogP contribution < -0.4 is 35.6 Å². The monoisotopic (exact) mass is 588 g/mol. The maximum absolute atomic E-state index is 13.8. The van der Waals surface area contributed by atoms with Crippen LogP contribution in [-0.4, -0.2) is 44.2 Å². The smallest absolute Gasteiger partial charge is 0.242 e. The number of fused-ring (bicyclic) bond motifs is 3. The van der Waals surface area contributed by atoms with Crippen molar-refractivity contribution in [3.63, 3.8) is 0 Å². The van der Waals surface area contributed by atoms with Crippen molar-refractivity contribution in [2.45, 2.75) is 58.7 Å². The summed E-state index contributed by atoms with van der Waals surface area (Å²) in [6.07, 6.45) is 3.34. The highest BCUT2D eigenvalue weighted by Crippen LogP contribution is 2.50. The van der Waals surface area contributed by atoms with E-state index in [2.05, 4.69) is 20.9 Å². The number of benzene rings is 1. The average Bonchev–Trinajstić information content (AvgIpc) is 3.23. The van der Waals surface area contributed by atoms with Gasteiger partial charge in [-0.2, -0.15) is 0 Å². The van der Waals surface area contributed by atoms with Crippen molar-refractivity contribution in [3.05, 3.63) is 75.7 Å². The number of rotatable bonds is 11. The summed E-state index contributed by atoms with van der Waals surface area (Å²) in [6.45, 7) is 5.78. The van der Waals surface area contributed by atoms with Crippen LogP contribution in [0.15, 0.2) is 53.5 Å². The Morgan fingerprint density at radius 3 is 2.42 bits per heavy atom. The Bertz CT molecular complexity index is 1530. The number of hydrogen-bond acceptors (Lipinski definition) is 8. The van der Waals surface area contributed by atoms with Crippen LogP contribution in [0.3, 0.4) is 0 Å². The molecule has 2 atom stereocenters. The molecule has 0 aliphatic heterocycles. The molecule has 1 aromatic heterocycles. The van der Waals surface area contributed by atoms with Crippen molar-refractivity contribution in [1.29, 1.82) is 0 Å². The van der Waals surface area contributed by atoms with Crippen molar-refractivity contribution < 1.29 is 23.8 Å². The van der Waals surface area contributed by atoms with E-state index in [4.69, 9.17) is 14.2 Å². The molecular weight excluding hydrogens is 548 g/mol. The molecule has 1 heterocycles. The van der Waals surface area contributed by atoms with Gasteiger partial charge in [0.1, 0.15) is 6.04 Å². The first-order valence-corrected chi connectivity index (χ1v) is 14.4. The van der Waals surface area contributed by atoms with Gasteiger partial charge in [-0.15, -0.1) is 0 Å². The molecular formula is C33H40N4O6. The zero-order valence-electron chi connectivity index (χ0n) is 25.6. The summed E-state index contributed by atoms with van der Waals surface area (Å²) >= 11 is 0. The molecule has 3 aromatic rings. The third-order valence-corrected chi connectivity index (χ3v) is 7.44. The third kappa shape index (κ3) is 7.25. The van der Waals surface area contributed by atoms with Gasteiger partial charge >= 0.3 is 0 Å². The van der Waals surface area contributed by atoms with E-state index < -0.39 is 12.1 Å². The Kier molecular flexibility index (Phi) is 10.2. The molecule has 0 saturated carbocycles. The minimum Gasteiger partial charge on any atom is -0.493 e. The van der Waals surface area contributed by atoms with Gasteiger partial charge < -0.3 is 30.2 Å². The topological polar surface area (TPSA) is 128 Å². The normalized spacial score (nSPS) is 14.4. The molecule has 228 valence electrons. The van der Waals surface area contributed by atoms with E-state index in [1.165, 1.54) is 6.92 Å². The molecule has 0 fully saturated rings. The number of ether oxygens (including phenoxy) is 3. The zero-order valence-corrected chi connectivity index (χ0v) is 25.6. The van der Waals surface area contributed by atoms with Gasteiger partial charge in [-0.25, -0.2) is 0 Å². The van der Waals surface area contributed by atoms with Crippen molar-refractivity contribution in [2.75, 3.05) is 26.6 Å². The maximum Gasteiger partial charge on any atom is 0.242 e. The second-order valence-electron chi connectivity index (χ2n) is 11.0. The molecule has 43 heavy (non-hydrogen) atoms. The summed E-state index contributed by atoms with van der Waals surface area (Å²) in [4.78, 5) is 43.6. The molecule has 1 aliphatic carbocycles. The van der Waals surface area contributed by atoms with E-state index >= 15 is 0 Å². The van der Waals surface area contributed by atoms with Crippen molar-refractivity contribution in [2.24, 2.45) is 5.92 Å². The highest BCUT2D eigenvalue weighted by atomic mass is 16.5. The fourth-order valence-electron chi connectivity index (χ4n) is 5.52. The standard InChI is InChI=1S/C33H40N4O6/c1-19(2)15-27(33(40)35-18-22-9-7-8-14-34-22)37-26-13-11-23-24(17-28(26)39)25(36-20(3)38)12-10-21-16-29(41-4)31(42-5)32(43-6)30(21)23/h7-9,11,13-14,16-17,19,25,27H,10,12,15,18H2,1-6H3,(H,35,40)(H,36,38)(H,37,39)/t25-,27+/m0/s1. The molecule has 2 aromatic carbocycles. The van der Waals surface area contributed by atoms with Crippen LogP contribution in [0.5, 0.6) is 17.2 Å². The van der Waals surface area contributed by atoms with Crippen LogP contribution in [0.4, 0.5) is 5.69 Å². The first-order valence-electron chi connectivity index (χ1n) is 14.4. The number of aryl methyl sites for hydroxylation is 1.